The fourth-order valence-corrected chi connectivity index (χ4v) is 1.91. The van der Waals surface area contributed by atoms with Crippen LogP contribution in [0.25, 0.3) is 0 Å². The van der Waals surface area contributed by atoms with E-state index in [0.29, 0.717) is 0 Å². The molecule has 0 aromatic heterocycles. The fraction of sp³-hybridized carbons (Fsp3) is 0.308. The van der Waals surface area contributed by atoms with Gasteiger partial charge >= 0.3 is 11.9 Å². The second-order valence-electron chi connectivity index (χ2n) is 4.42. The van der Waals surface area contributed by atoms with Crippen LogP contribution in [0.1, 0.15) is 28.3 Å². The molecule has 0 aliphatic heterocycles. The lowest BCUT2D eigenvalue weighted by atomic mass is 9.88. The van der Waals surface area contributed by atoms with Crippen molar-refractivity contribution in [3.05, 3.63) is 35.1 Å². The Morgan fingerprint density at radius 3 is 2.38 bits per heavy atom. The molecule has 0 saturated heterocycles. The van der Waals surface area contributed by atoms with Crippen LogP contribution in [0.5, 0.6) is 0 Å². The Balaban J connectivity index is 3.29. The van der Waals surface area contributed by atoms with Crippen molar-refractivity contribution in [1.82, 2.24) is 5.32 Å². The van der Waals surface area contributed by atoms with Gasteiger partial charge in [0.05, 0.1) is 6.42 Å². The predicted molar refractivity (Wildman–Crippen MR) is 70.4 cm³/mol. The Morgan fingerprint density at radius 2 is 1.90 bits per heavy atom. The van der Waals surface area contributed by atoms with E-state index in [1.165, 1.54) is 13.1 Å². The first-order valence-electron chi connectivity index (χ1n) is 5.99. The highest BCUT2D eigenvalue weighted by atomic mass is 19.1. The summed E-state index contributed by atoms with van der Waals surface area (Å²) in [5, 5.41) is 20.1. The van der Waals surface area contributed by atoms with Crippen molar-refractivity contribution in [2.24, 2.45) is 5.73 Å². The molecule has 21 heavy (non-hydrogen) atoms. The number of hydrogen-bond acceptors (Lipinski definition) is 4. The summed E-state index contributed by atoms with van der Waals surface area (Å²) in [5.74, 6) is -5.19. The van der Waals surface area contributed by atoms with Gasteiger partial charge in [0, 0.05) is 18.5 Å². The van der Waals surface area contributed by atoms with Crippen molar-refractivity contribution >= 4 is 17.8 Å². The second kappa shape index (κ2) is 6.80. The Hall–Kier alpha value is -2.48. The summed E-state index contributed by atoms with van der Waals surface area (Å²) >= 11 is 0. The van der Waals surface area contributed by atoms with Crippen molar-refractivity contribution in [3.8, 4) is 0 Å². The zero-order chi connectivity index (χ0) is 16.2. The third-order valence-electron chi connectivity index (χ3n) is 2.95. The Labute approximate surface area is 119 Å². The lowest BCUT2D eigenvalue weighted by Crippen LogP contribution is -2.37. The normalized spacial score (nSPS) is 13.3. The van der Waals surface area contributed by atoms with E-state index in [0.717, 1.165) is 12.1 Å². The van der Waals surface area contributed by atoms with Gasteiger partial charge < -0.3 is 21.3 Å². The first-order chi connectivity index (χ1) is 9.76. The molecule has 7 nitrogen and oxygen atoms in total. The summed E-state index contributed by atoms with van der Waals surface area (Å²) in [7, 11) is 1.35. The van der Waals surface area contributed by atoms with Crippen molar-refractivity contribution < 1.29 is 29.0 Å². The number of carbonyl (C=O) groups is 3. The third kappa shape index (κ3) is 4.25. The van der Waals surface area contributed by atoms with Gasteiger partial charge in [0.2, 0.25) is 0 Å². The Bertz CT molecular complexity index is 576. The van der Waals surface area contributed by atoms with Gasteiger partial charge in [-0.1, -0.05) is 0 Å². The number of amides is 1. The van der Waals surface area contributed by atoms with Gasteiger partial charge in [0.25, 0.3) is 5.91 Å². The molecule has 0 radical (unpaired) electrons. The molecule has 0 aliphatic carbocycles. The number of hydrogen-bond donors (Lipinski definition) is 4. The van der Waals surface area contributed by atoms with Gasteiger partial charge in [-0.2, -0.15) is 0 Å². The number of benzene rings is 1. The van der Waals surface area contributed by atoms with Crippen molar-refractivity contribution in [2.75, 3.05) is 7.05 Å². The number of nitrogens with two attached hydrogens (primary N) is 1. The Morgan fingerprint density at radius 1 is 1.29 bits per heavy atom. The summed E-state index contributed by atoms with van der Waals surface area (Å²) < 4.78 is 13.6. The van der Waals surface area contributed by atoms with Crippen LogP contribution in [0.4, 0.5) is 4.39 Å². The molecule has 1 rings (SSSR count). The minimum absolute atomic E-state index is 0.0412. The standard InChI is InChI=1S/C13H15FN2O5/c1-16-12(19)7-2-6(3-8(14)4-7)9(5-10(17)18)11(15)13(20)21/h2-4,9,11H,5,15H2,1H3,(H,16,19)(H,17,18)(H,20,21). The highest BCUT2D eigenvalue weighted by molar-refractivity contribution is 5.94. The van der Waals surface area contributed by atoms with Crippen molar-refractivity contribution in [3.63, 3.8) is 0 Å². The largest absolute Gasteiger partial charge is 0.481 e. The van der Waals surface area contributed by atoms with E-state index in [1.807, 2.05) is 0 Å². The third-order valence-corrected chi connectivity index (χ3v) is 2.95. The number of carbonyl (C=O) groups excluding carboxylic acids is 1. The van der Waals surface area contributed by atoms with E-state index in [2.05, 4.69) is 5.32 Å². The maximum atomic E-state index is 13.6. The zero-order valence-electron chi connectivity index (χ0n) is 11.2. The fourth-order valence-electron chi connectivity index (χ4n) is 1.91. The molecule has 1 aromatic rings. The smallest absolute Gasteiger partial charge is 0.321 e. The first kappa shape index (κ1) is 16.6. The van der Waals surface area contributed by atoms with Crippen LogP contribution < -0.4 is 11.1 Å². The molecular weight excluding hydrogens is 283 g/mol. The average molecular weight is 298 g/mol. The molecule has 0 heterocycles. The van der Waals surface area contributed by atoms with Gasteiger partial charge in [-0.3, -0.25) is 14.4 Å². The van der Waals surface area contributed by atoms with Crippen LogP contribution in [-0.2, 0) is 9.59 Å². The highest BCUT2D eigenvalue weighted by Crippen LogP contribution is 2.25. The molecule has 2 unspecified atom stereocenters. The molecule has 1 aromatic carbocycles. The van der Waals surface area contributed by atoms with Crippen LogP contribution in [0.15, 0.2) is 18.2 Å². The van der Waals surface area contributed by atoms with Gasteiger partial charge in [-0.25, -0.2) is 4.39 Å². The molecule has 2 atom stereocenters. The molecule has 0 fully saturated rings. The van der Waals surface area contributed by atoms with Crippen LogP contribution in [0.2, 0.25) is 0 Å². The van der Waals surface area contributed by atoms with Crippen LogP contribution in [-0.4, -0.2) is 41.1 Å². The summed E-state index contributed by atoms with van der Waals surface area (Å²) in [6.07, 6.45) is -0.593. The van der Waals surface area contributed by atoms with E-state index in [9.17, 15) is 18.8 Å². The number of carboxylic acids is 2. The monoisotopic (exact) mass is 298 g/mol. The molecule has 0 saturated carbocycles. The lowest BCUT2D eigenvalue weighted by molar-refractivity contribution is -0.140. The predicted octanol–water partition coefficient (Wildman–Crippen LogP) is 0.156. The van der Waals surface area contributed by atoms with Crippen LogP contribution in [0.3, 0.4) is 0 Å². The van der Waals surface area contributed by atoms with Gasteiger partial charge in [-0.05, 0) is 23.8 Å². The number of nitrogens with one attached hydrogen (secondary N) is 1. The summed E-state index contributed by atoms with van der Waals surface area (Å²) in [5.41, 5.74) is 5.47. The molecule has 0 bridgehead atoms. The topological polar surface area (TPSA) is 130 Å². The molecular formula is C13H15FN2O5. The number of carboxylic acid groups (broad SMARTS) is 2. The highest BCUT2D eigenvalue weighted by Gasteiger charge is 2.29. The van der Waals surface area contributed by atoms with E-state index in [1.54, 1.807) is 0 Å². The molecule has 0 spiro atoms. The van der Waals surface area contributed by atoms with E-state index in [4.69, 9.17) is 15.9 Å². The summed E-state index contributed by atoms with van der Waals surface area (Å²) in [6, 6.07) is 1.65. The zero-order valence-corrected chi connectivity index (χ0v) is 11.2. The molecule has 0 aliphatic rings. The second-order valence-corrected chi connectivity index (χ2v) is 4.42. The first-order valence-corrected chi connectivity index (χ1v) is 5.99. The van der Waals surface area contributed by atoms with Gasteiger partial charge in [0.15, 0.2) is 0 Å². The maximum Gasteiger partial charge on any atom is 0.321 e. The Kier molecular flexibility index (Phi) is 5.37. The van der Waals surface area contributed by atoms with Crippen molar-refractivity contribution in [1.29, 1.82) is 0 Å². The van der Waals surface area contributed by atoms with E-state index >= 15 is 0 Å². The van der Waals surface area contributed by atoms with Gasteiger partial charge in [-0.15, -0.1) is 0 Å². The molecule has 5 N–H and O–H groups in total. The number of aliphatic carboxylic acids is 2. The summed E-state index contributed by atoms with van der Waals surface area (Å²) in [4.78, 5) is 33.3. The van der Waals surface area contributed by atoms with E-state index in [-0.39, 0.29) is 11.1 Å². The minimum atomic E-state index is -1.53. The maximum absolute atomic E-state index is 13.6. The average Bonchev–Trinajstić information content (AvgIpc) is 2.42. The minimum Gasteiger partial charge on any atom is -0.481 e. The number of rotatable bonds is 6. The van der Waals surface area contributed by atoms with Crippen LogP contribution in [0, 0.1) is 5.82 Å². The van der Waals surface area contributed by atoms with E-state index < -0.39 is 42.0 Å². The SMILES string of the molecule is CNC(=O)c1cc(F)cc(C(CC(=O)O)C(N)C(=O)O)c1. The number of halogens is 1. The quantitative estimate of drug-likeness (QED) is 0.591. The van der Waals surface area contributed by atoms with Gasteiger partial charge in [0.1, 0.15) is 11.9 Å². The summed E-state index contributed by atoms with van der Waals surface area (Å²) in [6.45, 7) is 0. The lowest BCUT2D eigenvalue weighted by Gasteiger charge is -2.20. The van der Waals surface area contributed by atoms with Crippen molar-refractivity contribution in [2.45, 2.75) is 18.4 Å². The van der Waals surface area contributed by atoms with Crippen LogP contribution >= 0.6 is 0 Å². The molecule has 114 valence electrons. The molecule has 8 heteroatoms. The molecule has 1 amide bonds.